The molecule has 0 aromatic heterocycles. The molecule has 0 atom stereocenters. The molecule has 0 bridgehead atoms. The lowest BCUT2D eigenvalue weighted by Crippen LogP contribution is -1.96. The van der Waals surface area contributed by atoms with Crippen molar-refractivity contribution in [2.45, 2.75) is 6.42 Å². The number of rotatable bonds is 2. The predicted octanol–water partition coefficient (Wildman–Crippen LogP) is 0.656. The van der Waals surface area contributed by atoms with Crippen LogP contribution < -0.4 is 9.47 Å². The van der Waals surface area contributed by atoms with Crippen LogP contribution in [0.1, 0.15) is 5.56 Å². The van der Waals surface area contributed by atoms with E-state index in [9.17, 15) is 5.11 Å². The van der Waals surface area contributed by atoms with E-state index in [2.05, 4.69) is 0 Å². The van der Waals surface area contributed by atoms with E-state index >= 15 is 0 Å². The summed E-state index contributed by atoms with van der Waals surface area (Å²) < 4.78 is 10.3. The van der Waals surface area contributed by atoms with Gasteiger partial charge in [-0.25, -0.2) is 0 Å². The Hall–Kier alpha value is -1.42. The van der Waals surface area contributed by atoms with Gasteiger partial charge in [-0.3, -0.25) is 0 Å². The van der Waals surface area contributed by atoms with Gasteiger partial charge in [-0.2, -0.15) is 0 Å². The maximum Gasteiger partial charge on any atom is 0.231 e. The van der Waals surface area contributed by atoms with Crippen LogP contribution in [0.15, 0.2) is 12.1 Å². The molecule has 2 N–H and O–H groups in total. The minimum absolute atomic E-state index is 0.0205. The van der Waals surface area contributed by atoms with Gasteiger partial charge < -0.3 is 19.7 Å². The summed E-state index contributed by atoms with van der Waals surface area (Å²) in [6.07, 6.45) is 0.373. The molecule has 0 saturated heterocycles. The van der Waals surface area contributed by atoms with Crippen molar-refractivity contribution >= 4 is 0 Å². The zero-order chi connectivity index (χ0) is 9.26. The molecule has 13 heavy (non-hydrogen) atoms. The zero-order valence-corrected chi connectivity index (χ0v) is 6.99. The average Bonchev–Trinajstić information content (AvgIpc) is 2.58. The van der Waals surface area contributed by atoms with Crippen molar-refractivity contribution in [3.05, 3.63) is 17.7 Å². The van der Waals surface area contributed by atoms with Gasteiger partial charge >= 0.3 is 0 Å². The highest BCUT2D eigenvalue weighted by Crippen LogP contribution is 2.40. The van der Waals surface area contributed by atoms with Crippen molar-refractivity contribution in [1.82, 2.24) is 0 Å². The Labute approximate surface area is 75.3 Å². The first-order valence-electron chi connectivity index (χ1n) is 4.04. The van der Waals surface area contributed by atoms with E-state index in [-0.39, 0.29) is 19.1 Å². The summed E-state index contributed by atoms with van der Waals surface area (Å²) in [6, 6.07) is 3.19. The van der Waals surface area contributed by atoms with Crippen LogP contribution in [0.5, 0.6) is 17.2 Å². The molecule has 1 aliphatic heterocycles. The molecule has 1 aromatic carbocycles. The van der Waals surface area contributed by atoms with Crippen LogP contribution >= 0.6 is 0 Å². The number of ether oxygens (including phenoxy) is 2. The lowest BCUT2D eigenvalue weighted by molar-refractivity contribution is 0.172. The van der Waals surface area contributed by atoms with Crippen LogP contribution in [0, 0.1) is 0 Å². The molecule has 70 valence electrons. The van der Waals surface area contributed by atoms with Crippen molar-refractivity contribution in [3.63, 3.8) is 0 Å². The minimum Gasteiger partial charge on any atom is -0.508 e. The van der Waals surface area contributed by atoms with Crippen molar-refractivity contribution in [3.8, 4) is 17.2 Å². The minimum atomic E-state index is -0.0205. The van der Waals surface area contributed by atoms with Gasteiger partial charge in [0.05, 0.1) is 0 Å². The van der Waals surface area contributed by atoms with Gasteiger partial charge in [0.15, 0.2) is 11.5 Å². The van der Waals surface area contributed by atoms with Crippen LogP contribution in [-0.2, 0) is 6.42 Å². The maximum absolute atomic E-state index is 9.46. The number of phenols is 1. The molecule has 1 aromatic rings. The molecule has 1 aliphatic rings. The van der Waals surface area contributed by atoms with E-state index in [1.54, 1.807) is 12.1 Å². The first kappa shape index (κ1) is 8.19. The fourth-order valence-corrected chi connectivity index (χ4v) is 1.37. The molecule has 0 aliphatic carbocycles. The van der Waals surface area contributed by atoms with Gasteiger partial charge in [0.2, 0.25) is 6.79 Å². The van der Waals surface area contributed by atoms with E-state index in [1.165, 1.54) is 0 Å². The van der Waals surface area contributed by atoms with Gasteiger partial charge in [-0.05, 0) is 12.1 Å². The van der Waals surface area contributed by atoms with Crippen LogP contribution in [0.3, 0.4) is 0 Å². The SMILES string of the molecule is OCCc1c(O)ccc2c1OCO2. The number of benzene rings is 1. The molecule has 2 rings (SSSR count). The quantitative estimate of drug-likeness (QED) is 0.705. The Bertz CT molecular complexity index is 322. The fraction of sp³-hybridized carbons (Fsp3) is 0.333. The maximum atomic E-state index is 9.46. The smallest absolute Gasteiger partial charge is 0.231 e. The topological polar surface area (TPSA) is 58.9 Å². The Kier molecular flexibility index (Phi) is 1.98. The number of hydrogen-bond acceptors (Lipinski definition) is 4. The lowest BCUT2D eigenvalue weighted by Gasteiger charge is -2.05. The van der Waals surface area contributed by atoms with E-state index in [0.29, 0.717) is 23.5 Å². The van der Waals surface area contributed by atoms with E-state index in [4.69, 9.17) is 14.6 Å². The third-order valence-corrected chi connectivity index (χ3v) is 1.98. The summed E-state index contributed by atoms with van der Waals surface area (Å²) >= 11 is 0. The molecule has 0 saturated carbocycles. The summed E-state index contributed by atoms with van der Waals surface area (Å²) in [6.45, 7) is 0.157. The predicted molar refractivity (Wildman–Crippen MR) is 45.0 cm³/mol. The third kappa shape index (κ3) is 1.29. The Morgan fingerprint density at radius 1 is 1.31 bits per heavy atom. The van der Waals surface area contributed by atoms with E-state index < -0.39 is 0 Å². The number of phenolic OH excluding ortho intramolecular Hbond substituents is 1. The first-order valence-corrected chi connectivity index (χ1v) is 4.04. The van der Waals surface area contributed by atoms with Crippen LogP contribution in [0.2, 0.25) is 0 Å². The molecule has 0 spiro atoms. The summed E-state index contributed by atoms with van der Waals surface area (Å²) in [5.74, 6) is 1.31. The summed E-state index contributed by atoms with van der Waals surface area (Å²) in [5.41, 5.74) is 0.609. The van der Waals surface area contributed by atoms with Crippen LogP contribution in [-0.4, -0.2) is 23.6 Å². The molecule has 0 unspecified atom stereocenters. The number of fused-ring (bicyclic) bond motifs is 1. The second-order valence-electron chi connectivity index (χ2n) is 2.77. The monoisotopic (exact) mass is 182 g/mol. The Morgan fingerprint density at radius 3 is 2.92 bits per heavy atom. The van der Waals surface area contributed by atoms with E-state index in [1.807, 2.05) is 0 Å². The zero-order valence-electron chi connectivity index (χ0n) is 6.99. The highest BCUT2D eigenvalue weighted by Gasteiger charge is 2.19. The third-order valence-electron chi connectivity index (χ3n) is 1.98. The van der Waals surface area contributed by atoms with Gasteiger partial charge in [0, 0.05) is 18.6 Å². The molecular weight excluding hydrogens is 172 g/mol. The largest absolute Gasteiger partial charge is 0.508 e. The van der Waals surface area contributed by atoms with Crippen LogP contribution in [0.25, 0.3) is 0 Å². The van der Waals surface area contributed by atoms with Crippen molar-refractivity contribution in [2.75, 3.05) is 13.4 Å². The van der Waals surface area contributed by atoms with Gasteiger partial charge in [-0.15, -0.1) is 0 Å². The van der Waals surface area contributed by atoms with Gasteiger partial charge in [0.1, 0.15) is 5.75 Å². The second kappa shape index (κ2) is 3.14. The van der Waals surface area contributed by atoms with Gasteiger partial charge in [0.25, 0.3) is 0 Å². The molecule has 4 nitrogen and oxygen atoms in total. The standard InChI is InChI=1S/C9H10O4/c10-4-3-6-7(11)1-2-8-9(6)13-5-12-8/h1-2,10-11H,3-5H2. The molecular formula is C9H10O4. The molecule has 0 fully saturated rings. The summed E-state index contributed by atoms with van der Waals surface area (Å²) in [5, 5.41) is 18.2. The number of hydrogen-bond donors (Lipinski definition) is 2. The number of aliphatic hydroxyl groups excluding tert-OH is 1. The second-order valence-corrected chi connectivity index (χ2v) is 2.77. The highest BCUT2D eigenvalue weighted by molar-refractivity contribution is 5.54. The molecule has 0 radical (unpaired) electrons. The average molecular weight is 182 g/mol. The normalized spacial score (nSPS) is 13.3. The van der Waals surface area contributed by atoms with Crippen molar-refractivity contribution in [1.29, 1.82) is 0 Å². The fourth-order valence-electron chi connectivity index (χ4n) is 1.37. The number of aromatic hydroxyl groups is 1. The molecule has 4 heteroatoms. The highest BCUT2D eigenvalue weighted by atomic mass is 16.7. The van der Waals surface area contributed by atoms with Crippen molar-refractivity contribution < 1.29 is 19.7 Å². The summed E-state index contributed by atoms with van der Waals surface area (Å²) in [7, 11) is 0. The number of aliphatic hydroxyl groups is 1. The Morgan fingerprint density at radius 2 is 2.15 bits per heavy atom. The lowest BCUT2D eigenvalue weighted by atomic mass is 10.1. The first-order chi connectivity index (χ1) is 6.33. The van der Waals surface area contributed by atoms with Crippen molar-refractivity contribution in [2.24, 2.45) is 0 Å². The summed E-state index contributed by atoms with van der Waals surface area (Å²) in [4.78, 5) is 0. The van der Waals surface area contributed by atoms with Gasteiger partial charge in [-0.1, -0.05) is 0 Å². The van der Waals surface area contributed by atoms with Crippen LogP contribution in [0.4, 0.5) is 0 Å². The molecule has 0 amide bonds. The van der Waals surface area contributed by atoms with E-state index in [0.717, 1.165) is 0 Å². The molecule has 1 heterocycles. The Balaban J connectivity index is 2.45.